The number of allylic oxidation sites excluding steroid dienone is 1. The number of amides is 1. The molecular formula is C21H31NO3Si. The molecule has 5 heteroatoms. The summed E-state index contributed by atoms with van der Waals surface area (Å²) in [4.78, 5) is 12.4. The summed E-state index contributed by atoms with van der Waals surface area (Å²) in [7, 11) is -1.71. The van der Waals surface area contributed by atoms with E-state index in [2.05, 4.69) is 37.6 Å². The first kappa shape index (κ1) is 20.3. The van der Waals surface area contributed by atoms with Crippen LogP contribution in [0, 0.1) is 5.92 Å². The molecule has 0 aliphatic heterocycles. The van der Waals surface area contributed by atoms with Gasteiger partial charge in [0.1, 0.15) is 6.10 Å². The molecular weight excluding hydrogens is 342 g/mol. The van der Waals surface area contributed by atoms with Gasteiger partial charge in [-0.3, -0.25) is 0 Å². The number of carbonyl (C=O) groups excluding carboxylic acids is 1. The van der Waals surface area contributed by atoms with E-state index in [9.17, 15) is 4.79 Å². The van der Waals surface area contributed by atoms with E-state index in [0.29, 0.717) is 0 Å². The van der Waals surface area contributed by atoms with Crippen molar-refractivity contribution in [3.8, 4) is 0 Å². The molecule has 3 atom stereocenters. The Morgan fingerprint density at radius 1 is 1.31 bits per heavy atom. The van der Waals surface area contributed by atoms with Gasteiger partial charge in [0.2, 0.25) is 8.32 Å². The SMILES string of the molecule is C=C[C@H](OC(=O)N[C@@H](C)c1ccccc1)[C@@H]1CCCC=C1O[Si](C)(C)C. The van der Waals surface area contributed by atoms with Gasteiger partial charge in [0.15, 0.2) is 0 Å². The molecule has 1 aliphatic rings. The fraction of sp³-hybridized carbons (Fsp3) is 0.476. The van der Waals surface area contributed by atoms with Crippen molar-refractivity contribution in [1.29, 1.82) is 0 Å². The Kier molecular flexibility index (Phi) is 7.09. The molecule has 0 spiro atoms. The van der Waals surface area contributed by atoms with Crippen molar-refractivity contribution in [3.63, 3.8) is 0 Å². The first-order valence-corrected chi connectivity index (χ1v) is 12.7. The summed E-state index contributed by atoms with van der Waals surface area (Å²) in [5.74, 6) is 1.01. The normalized spacial score (nSPS) is 19.7. The zero-order valence-corrected chi connectivity index (χ0v) is 17.3. The summed E-state index contributed by atoms with van der Waals surface area (Å²) in [5.41, 5.74) is 1.04. The number of carbonyl (C=O) groups is 1. The van der Waals surface area contributed by atoms with Gasteiger partial charge in [-0.25, -0.2) is 4.79 Å². The molecule has 0 aromatic heterocycles. The van der Waals surface area contributed by atoms with Gasteiger partial charge >= 0.3 is 6.09 Å². The van der Waals surface area contributed by atoms with Crippen molar-refractivity contribution >= 4 is 14.4 Å². The van der Waals surface area contributed by atoms with Gasteiger partial charge in [0.05, 0.1) is 17.7 Å². The van der Waals surface area contributed by atoms with Crippen LogP contribution < -0.4 is 5.32 Å². The van der Waals surface area contributed by atoms with Gasteiger partial charge < -0.3 is 14.5 Å². The summed E-state index contributed by atoms with van der Waals surface area (Å²) in [5, 5.41) is 2.90. The molecule has 1 aromatic carbocycles. The van der Waals surface area contributed by atoms with Crippen molar-refractivity contribution in [2.24, 2.45) is 5.92 Å². The van der Waals surface area contributed by atoms with Crippen LogP contribution in [0.4, 0.5) is 4.79 Å². The van der Waals surface area contributed by atoms with Crippen LogP contribution in [0.3, 0.4) is 0 Å². The van der Waals surface area contributed by atoms with Crippen LogP contribution in [0.5, 0.6) is 0 Å². The monoisotopic (exact) mass is 373 g/mol. The largest absolute Gasteiger partial charge is 0.547 e. The van der Waals surface area contributed by atoms with E-state index in [-0.39, 0.29) is 18.1 Å². The van der Waals surface area contributed by atoms with Crippen LogP contribution in [-0.4, -0.2) is 20.5 Å². The van der Waals surface area contributed by atoms with Crippen molar-refractivity contribution in [1.82, 2.24) is 5.32 Å². The molecule has 2 rings (SSSR count). The highest BCUT2D eigenvalue weighted by atomic mass is 28.4. The second-order valence-corrected chi connectivity index (χ2v) is 12.2. The third kappa shape index (κ3) is 6.06. The van der Waals surface area contributed by atoms with Gasteiger partial charge in [0.25, 0.3) is 0 Å². The average Bonchev–Trinajstić information content (AvgIpc) is 2.59. The van der Waals surface area contributed by atoms with E-state index in [0.717, 1.165) is 30.6 Å². The molecule has 142 valence electrons. The quantitative estimate of drug-likeness (QED) is 0.502. The Morgan fingerprint density at radius 2 is 2.00 bits per heavy atom. The van der Waals surface area contributed by atoms with Gasteiger partial charge in [0, 0.05) is 0 Å². The smallest absolute Gasteiger partial charge is 0.408 e. The van der Waals surface area contributed by atoms with E-state index in [1.807, 2.05) is 37.3 Å². The molecule has 1 aromatic rings. The molecule has 1 amide bonds. The molecule has 0 radical (unpaired) electrons. The van der Waals surface area contributed by atoms with Crippen LogP contribution in [0.1, 0.15) is 37.8 Å². The maximum Gasteiger partial charge on any atom is 0.408 e. The molecule has 0 fully saturated rings. The molecule has 26 heavy (non-hydrogen) atoms. The average molecular weight is 374 g/mol. The second kappa shape index (κ2) is 9.08. The summed E-state index contributed by atoms with van der Waals surface area (Å²) in [6.07, 6.45) is 6.07. The minimum Gasteiger partial charge on any atom is -0.547 e. The van der Waals surface area contributed by atoms with E-state index < -0.39 is 14.4 Å². The lowest BCUT2D eigenvalue weighted by Crippen LogP contribution is -2.37. The van der Waals surface area contributed by atoms with E-state index in [4.69, 9.17) is 9.16 Å². The number of nitrogens with one attached hydrogen (secondary N) is 1. The molecule has 4 nitrogen and oxygen atoms in total. The summed E-state index contributed by atoms with van der Waals surface area (Å²) < 4.78 is 11.9. The molecule has 0 heterocycles. The Labute approximate surface area is 158 Å². The Hall–Kier alpha value is -2.01. The molecule has 0 bridgehead atoms. The molecule has 1 aliphatic carbocycles. The number of rotatable bonds is 7. The van der Waals surface area contributed by atoms with Crippen LogP contribution in [0.15, 0.2) is 54.8 Å². The molecule has 0 saturated carbocycles. The van der Waals surface area contributed by atoms with Crippen LogP contribution in [0.2, 0.25) is 19.6 Å². The fourth-order valence-electron chi connectivity index (χ4n) is 3.13. The van der Waals surface area contributed by atoms with Crippen molar-refractivity contribution in [2.45, 2.75) is 58.0 Å². The first-order valence-electron chi connectivity index (χ1n) is 9.34. The highest BCUT2D eigenvalue weighted by Crippen LogP contribution is 2.32. The lowest BCUT2D eigenvalue weighted by atomic mass is 9.89. The van der Waals surface area contributed by atoms with Crippen molar-refractivity contribution in [2.75, 3.05) is 0 Å². The van der Waals surface area contributed by atoms with Gasteiger partial charge in [-0.15, -0.1) is 0 Å². The number of ether oxygens (including phenoxy) is 1. The number of alkyl carbamates (subject to hydrolysis) is 1. The summed E-state index contributed by atoms with van der Waals surface area (Å²) >= 11 is 0. The third-order valence-corrected chi connectivity index (χ3v) is 5.21. The standard InChI is InChI=1S/C21H31NO3Si/c1-6-19(18-14-10-11-15-20(18)25-26(3,4)5)24-21(23)22-16(2)17-12-8-7-9-13-17/h6-9,12-13,15-16,18-19H,1,10-11,14H2,2-5H3,(H,22,23)/t16-,18-,19-/m0/s1. The number of benzene rings is 1. The van der Waals surface area contributed by atoms with E-state index >= 15 is 0 Å². The molecule has 0 saturated heterocycles. The van der Waals surface area contributed by atoms with E-state index in [1.165, 1.54) is 0 Å². The highest BCUT2D eigenvalue weighted by molar-refractivity contribution is 6.70. The van der Waals surface area contributed by atoms with Crippen LogP contribution in [0.25, 0.3) is 0 Å². The maximum absolute atomic E-state index is 12.4. The summed E-state index contributed by atoms with van der Waals surface area (Å²) in [6, 6.07) is 9.72. The first-order chi connectivity index (χ1) is 12.3. The van der Waals surface area contributed by atoms with Gasteiger partial charge in [-0.2, -0.15) is 0 Å². The second-order valence-electron chi connectivity index (χ2n) is 7.74. The predicted molar refractivity (Wildman–Crippen MR) is 108 cm³/mol. The lowest BCUT2D eigenvalue weighted by Gasteiger charge is -2.33. The Morgan fingerprint density at radius 3 is 2.62 bits per heavy atom. The number of hydrogen-bond acceptors (Lipinski definition) is 3. The third-order valence-electron chi connectivity index (χ3n) is 4.36. The predicted octanol–water partition coefficient (Wildman–Crippen LogP) is 5.56. The Balaban J connectivity index is 2.01. The van der Waals surface area contributed by atoms with Crippen molar-refractivity contribution in [3.05, 3.63) is 60.4 Å². The van der Waals surface area contributed by atoms with Crippen LogP contribution in [-0.2, 0) is 9.16 Å². The minimum atomic E-state index is -1.71. The Bertz CT molecular complexity index is 636. The lowest BCUT2D eigenvalue weighted by molar-refractivity contribution is 0.0795. The molecule has 0 unspecified atom stereocenters. The maximum atomic E-state index is 12.4. The van der Waals surface area contributed by atoms with E-state index in [1.54, 1.807) is 6.08 Å². The topological polar surface area (TPSA) is 47.6 Å². The van der Waals surface area contributed by atoms with Crippen LogP contribution >= 0.6 is 0 Å². The highest BCUT2D eigenvalue weighted by Gasteiger charge is 2.32. The van der Waals surface area contributed by atoms with Gasteiger partial charge in [-0.1, -0.05) is 43.0 Å². The fourth-order valence-corrected chi connectivity index (χ4v) is 4.07. The minimum absolute atomic E-state index is 0.0470. The van der Waals surface area contributed by atoms with Crippen molar-refractivity contribution < 1.29 is 14.0 Å². The van der Waals surface area contributed by atoms with Gasteiger partial charge in [-0.05, 0) is 57.5 Å². The summed E-state index contributed by atoms with van der Waals surface area (Å²) in [6.45, 7) is 12.3. The number of hydrogen-bond donors (Lipinski definition) is 1. The zero-order chi connectivity index (χ0) is 19.2. The zero-order valence-electron chi connectivity index (χ0n) is 16.3. The molecule has 1 N–H and O–H groups in total.